The number of tetrazole rings is 1. The molecule has 0 N–H and O–H groups in total. The lowest BCUT2D eigenvalue weighted by Gasteiger charge is -2.19. The maximum Gasteiger partial charge on any atom is 0.312 e. The van der Waals surface area contributed by atoms with Gasteiger partial charge in [-0.05, 0) is 55.5 Å². The molecule has 3 aromatic heterocycles. The van der Waals surface area contributed by atoms with Gasteiger partial charge in [0.1, 0.15) is 17.7 Å². The summed E-state index contributed by atoms with van der Waals surface area (Å²) < 4.78 is 14.5. The number of carbonyl (C=O) groups is 1. The average molecular weight is 456 g/mol. The molecule has 32 heavy (non-hydrogen) atoms. The van der Waals surface area contributed by atoms with Gasteiger partial charge in [0.15, 0.2) is 0 Å². The number of pyridine rings is 1. The highest BCUT2D eigenvalue weighted by Crippen LogP contribution is 2.29. The van der Waals surface area contributed by atoms with E-state index in [9.17, 15) is 4.79 Å². The van der Waals surface area contributed by atoms with Gasteiger partial charge in [-0.3, -0.25) is 9.78 Å². The van der Waals surface area contributed by atoms with Crippen molar-refractivity contribution < 1.29 is 14.3 Å². The van der Waals surface area contributed by atoms with Gasteiger partial charge in [-0.1, -0.05) is 28.8 Å². The second kappa shape index (κ2) is 8.54. The fraction of sp³-hybridized carbons (Fsp3) is 0.333. The molecule has 0 saturated carbocycles. The fourth-order valence-electron chi connectivity index (χ4n) is 3.12. The summed E-state index contributed by atoms with van der Waals surface area (Å²) in [5.41, 5.74) is 1.95. The Morgan fingerprint density at radius 1 is 1.09 bits per heavy atom. The van der Waals surface area contributed by atoms with E-state index in [2.05, 4.69) is 25.5 Å². The van der Waals surface area contributed by atoms with Crippen molar-refractivity contribution in [2.75, 3.05) is 0 Å². The van der Waals surface area contributed by atoms with E-state index < -0.39 is 5.60 Å². The monoisotopic (exact) mass is 455 g/mol. The van der Waals surface area contributed by atoms with Crippen molar-refractivity contribution in [3.8, 4) is 12.0 Å². The molecule has 0 atom stereocenters. The maximum absolute atomic E-state index is 12.1. The molecule has 0 unspecified atom stereocenters. The summed E-state index contributed by atoms with van der Waals surface area (Å²) in [6.07, 6.45) is 0.0733. The van der Waals surface area contributed by atoms with Crippen LogP contribution in [0.3, 0.4) is 0 Å². The lowest BCUT2D eigenvalue weighted by atomic mass is 10.2. The van der Waals surface area contributed by atoms with Crippen LogP contribution in [0.2, 0.25) is 5.02 Å². The van der Waals surface area contributed by atoms with E-state index in [0.29, 0.717) is 33.4 Å². The van der Waals surface area contributed by atoms with Crippen LogP contribution >= 0.6 is 11.6 Å². The Bertz CT molecular complexity index is 1280. The number of rotatable bonds is 6. The number of halogens is 1. The van der Waals surface area contributed by atoms with Crippen LogP contribution in [0.5, 0.6) is 6.01 Å². The predicted molar refractivity (Wildman–Crippen MR) is 117 cm³/mol. The molecular formula is C21H22ClN7O3. The second-order valence-electron chi connectivity index (χ2n) is 8.11. The summed E-state index contributed by atoms with van der Waals surface area (Å²) in [5.74, 6) is 0.0886. The SMILES string of the molecule is Cn1nnnc1-n1c(OCc2cccc(CC(=O)OC(C)(C)C)n2)nc2c(Cl)cccc21. The molecule has 4 aromatic rings. The zero-order chi connectivity index (χ0) is 22.9. The number of ether oxygens (including phenoxy) is 2. The summed E-state index contributed by atoms with van der Waals surface area (Å²) in [4.78, 5) is 21.2. The van der Waals surface area contributed by atoms with Gasteiger partial charge in [0.05, 0.1) is 28.3 Å². The van der Waals surface area contributed by atoms with Gasteiger partial charge < -0.3 is 9.47 Å². The van der Waals surface area contributed by atoms with Crippen molar-refractivity contribution in [1.29, 1.82) is 0 Å². The minimum absolute atomic E-state index is 0.0733. The molecule has 0 aliphatic rings. The van der Waals surface area contributed by atoms with E-state index in [0.717, 1.165) is 0 Å². The molecule has 0 radical (unpaired) electrons. The molecule has 0 aliphatic carbocycles. The van der Waals surface area contributed by atoms with Crippen LogP contribution in [-0.4, -0.2) is 46.3 Å². The van der Waals surface area contributed by atoms with Crippen LogP contribution in [-0.2, 0) is 29.6 Å². The molecule has 0 spiro atoms. The normalized spacial score (nSPS) is 11.7. The number of carbonyl (C=O) groups excluding carboxylic acids is 1. The van der Waals surface area contributed by atoms with Crippen LogP contribution in [0.1, 0.15) is 32.2 Å². The van der Waals surface area contributed by atoms with Crippen molar-refractivity contribution in [2.24, 2.45) is 7.05 Å². The van der Waals surface area contributed by atoms with Gasteiger partial charge >= 0.3 is 12.0 Å². The van der Waals surface area contributed by atoms with Crippen molar-refractivity contribution in [3.63, 3.8) is 0 Å². The Kier molecular flexibility index (Phi) is 5.79. The Morgan fingerprint density at radius 3 is 2.56 bits per heavy atom. The molecule has 10 nitrogen and oxygen atoms in total. The van der Waals surface area contributed by atoms with Crippen LogP contribution < -0.4 is 4.74 Å². The minimum Gasteiger partial charge on any atom is -0.460 e. The lowest BCUT2D eigenvalue weighted by molar-refractivity contribution is -0.154. The molecule has 0 amide bonds. The van der Waals surface area contributed by atoms with Gasteiger partial charge in [-0.25, -0.2) is 9.25 Å². The van der Waals surface area contributed by atoms with E-state index in [1.54, 1.807) is 23.7 Å². The van der Waals surface area contributed by atoms with Crippen LogP contribution in [0.4, 0.5) is 0 Å². The third-order valence-corrected chi connectivity index (χ3v) is 4.67. The predicted octanol–water partition coefficient (Wildman–Crippen LogP) is 3.06. The molecule has 4 rings (SSSR count). The molecule has 11 heteroatoms. The molecule has 1 aromatic carbocycles. The van der Waals surface area contributed by atoms with Crippen LogP contribution in [0.15, 0.2) is 36.4 Å². The van der Waals surface area contributed by atoms with E-state index in [1.165, 1.54) is 4.68 Å². The number of imidazole rings is 1. The number of aryl methyl sites for hydroxylation is 1. The summed E-state index contributed by atoms with van der Waals surface area (Å²) in [6.45, 7) is 5.60. The van der Waals surface area contributed by atoms with Crippen LogP contribution in [0.25, 0.3) is 17.0 Å². The Morgan fingerprint density at radius 2 is 1.84 bits per heavy atom. The molecular weight excluding hydrogens is 434 g/mol. The number of fused-ring (bicyclic) bond motifs is 1. The third-order valence-electron chi connectivity index (χ3n) is 4.36. The first-order valence-electron chi connectivity index (χ1n) is 9.90. The first kappa shape index (κ1) is 21.7. The summed E-state index contributed by atoms with van der Waals surface area (Å²) >= 11 is 6.33. The van der Waals surface area contributed by atoms with Gasteiger partial charge in [0.2, 0.25) is 0 Å². The average Bonchev–Trinajstić information content (AvgIpc) is 3.28. The Labute approximate surface area is 189 Å². The zero-order valence-corrected chi connectivity index (χ0v) is 18.9. The minimum atomic E-state index is -0.549. The van der Waals surface area contributed by atoms with E-state index >= 15 is 0 Å². The van der Waals surface area contributed by atoms with Gasteiger partial charge in [0.25, 0.3) is 5.95 Å². The first-order valence-corrected chi connectivity index (χ1v) is 10.3. The Hall–Kier alpha value is -3.53. The molecule has 0 aliphatic heterocycles. The lowest BCUT2D eigenvalue weighted by Crippen LogP contribution is -2.25. The van der Waals surface area contributed by atoms with Crippen molar-refractivity contribution in [3.05, 3.63) is 52.8 Å². The van der Waals surface area contributed by atoms with Crippen molar-refractivity contribution in [2.45, 2.75) is 39.4 Å². The summed E-state index contributed by atoms with van der Waals surface area (Å²) in [7, 11) is 1.72. The van der Waals surface area contributed by atoms with Crippen molar-refractivity contribution >= 4 is 28.6 Å². The smallest absolute Gasteiger partial charge is 0.312 e. The summed E-state index contributed by atoms with van der Waals surface area (Å²) in [5, 5.41) is 12.1. The molecule has 0 bridgehead atoms. The fourth-order valence-corrected chi connectivity index (χ4v) is 3.33. The zero-order valence-electron chi connectivity index (χ0n) is 18.1. The van der Waals surface area contributed by atoms with E-state index in [4.69, 9.17) is 21.1 Å². The van der Waals surface area contributed by atoms with Crippen molar-refractivity contribution in [1.82, 2.24) is 34.7 Å². The Balaban J connectivity index is 1.58. The standard InChI is InChI=1S/C21H22ClN7O3/c1-21(2,3)32-17(30)11-13-7-5-8-14(23-13)12-31-20-24-18-15(22)9-6-10-16(18)29(20)19-25-26-27-28(19)4/h5-10H,11-12H2,1-4H3. The second-order valence-corrected chi connectivity index (χ2v) is 8.52. The number of aromatic nitrogens is 7. The number of para-hydroxylation sites is 1. The number of hydrogen-bond acceptors (Lipinski definition) is 8. The van der Waals surface area contributed by atoms with E-state index in [1.807, 2.05) is 45.0 Å². The van der Waals surface area contributed by atoms with E-state index in [-0.39, 0.29) is 25.0 Å². The topological polar surface area (TPSA) is 110 Å². The molecule has 3 heterocycles. The number of hydrogen-bond donors (Lipinski definition) is 0. The van der Waals surface area contributed by atoms with Gasteiger partial charge in [-0.2, -0.15) is 4.98 Å². The highest BCUT2D eigenvalue weighted by atomic mass is 35.5. The number of nitrogens with zero attached hydrogens (tertiary/aromatic N) is 7. The highest BCUT2D eigenvalue weighted by Gasteiger charge is 2.20. The number of esters is 1. The number of benzene rings is 1. The quantitative estimate of drug-likeness (QED) is 0.408. The highest BCUT2D eigenvalue weighted by molar-refractivity contribution is 6.35. The van der Waals surface area contributed by atoms with Gasteiger partial charge in [-0.15, -0.1) is 0 Å². The third kappa shape index (κ3) is 4.70. The molecule has 166 valence electrons. The molecule has 0 fully saturated rings. The van der Waals surface area contributed by atoms with Crippen LogP contribution in [0, 0.1) is 0 Å². The maximum atomic E-state index is 12.1. The summed E-state index contributed by atoms with van der Waals surface area (Å²) in [6, 6.07) is 11.1. The largest absolute Gasteiger partial charge is 0.460 e. The first-order chi connectivity index (χ1) is 15.2. The van der Waals surface area contributed by atoms with Gasteiger partial charge in [0, 0.05) is 7.05 Å². The molecule has 0 saturated heterocycles.